The van der Waals surface area contributed by atoms with Crippen molar-refractivity contribution in [3.8, 4) is 22.5 Å². The first-order chi connectivity index (χ1) is 14.6. The third-order valence-corrected chi connectivity index (χ3v) is 6.05. The molecule has 8 nitrogen and oxygen atoms in total. The molecule has 0 spiro atoms. The van der Waals surface area contributed by atoms with Crippen molar-refractivity contribution in [2.45, 2.75) is 0 Å². The molecule has 1 fully saturated rings. The van der Waals surface area contributed by atoms with Crippen LogP contribution >= 0.6 is 11.3 Å². The number of aromatic nitrogens is 4. The van der Waals surface area contributed by atoms with E-state index in [9.17, 15) is 9.18 Å². The van der Waals surface area contributed by atoms with Gasteiger partial charge in [0.1, 0.15) is 17.2 Å². The van der Waals surface area contributed by atoms with E-state index in [1.54, 1.807) is 29.0 Å². The molecule has 30 heavy (non-hydrogen) atoms. The third-order valence-electron chi connectivity index (χ3n) is 5.08. The standard InChI is InChI=1S/C20H17FN6O2S/c21-15-3-1-13(2-4-15)16-17(14-5-7-22-8-6-14)27-18(23-16)30-19(24-27)25-9-11-26(12-10-25)20(28)29/h1-8H,9-12H2,(H,28,29). The molecule has 5 rings (SSSR count). The zero-order valence-electron chi connectivity index (χ0n) is 15.8. The molecule has 1 aliphatic rings. The second-order valence-electron chi connectivity index (χ2n) is 6.89. The molecule has 0 radical (unpaired) electrons. The lowest BCUT2D eigenvalue weighted by Gasteiger charge is -2.32. The van der Waals surface area contributed by atoms with Crippen molar-refractivity contribution >= 4 is 27.5 Å². The van der Waals surface area contributed by atoms with E-state index >= 15 is 0 Å². The monoisotopic (exact) mass is 424 g/mol. The summed E-state index contributed by atoms with van der Waals surface area (Å²) in [6, 6.07) is 10.0. The molecule has 3 aromatic heterocycles. The summed E-state index contributed by atoms with van der Waals surface area (Å²) in [6.07, 6.45) is 2.52. The first kappa shape index (κ1) is 18.5. The molecule has 1 aromatic carbocycles. The number of nitrogens with zero attached hydrogens (tertiary/aromatic N) is 6. The van der Waals surface area contributed by atoms with Crippen molar-refractivity contribution in [1.82, 2.24) is 24.5 Å². The van der Waals surface area contributed by atoms with Crippen LogP contribution in [0.25, 0.3) is 27.5 Å². The number of fused-ring (bicyclic) bond motifs is 1. The topological polar surface area (TPSA) is 86.9 Å². The minimum atomic E-state index is -0.896. The number of hydrogen-bond acceptors (Lipinski definition) is 6. The maximum atomic E-state index is 13.4. The molecule has 0 atom stereocenters. The minimum Gasteiger partial charge on any atom is -0.465 e. The number of pyridine rings is 1. The summed E-state index contributed by atoms with van der Waals surface area (Å²) < 4.78 is 15.2. The number of hydrogen-bond donors (Lipinski definition) is 1. The number of imidazole rings is 1. The zero-order chi connectivity index (χ0) is 20.7. The third kappa shape index (κ3) is 3.24. The predicted molar refractivity (Wildman–Crippen MR) is 111 cm³/mol. The number of carbonyl (C=O) groups is 1. The zero-order valence-corrected chi connectivity index (χ0v) is 16.6. The molecule has 1 aliphatic heterocycles. The fourth-order valence-electron chi connectivity index (χ4n) is 3.53. The quantitative estimate of drug-likeness (QED) is 0.542. The predicted octanol–water partition coefficient (Wildman–Crippen LogP) is 3.46. The SMILES string of the molecule is O=C(O)N1CCN(c2nn3c(-c4ccncc4)c(-c4ccc(F)cc4)nc3s2)CC1. The Labute approximate surface area is 174 Å². The van der Waals surface area contributed by atoms with Crippen LogP contribution in [0.15, 0.2) is 48.8 Å². The Morgan fingerprint density at radius 2 is 1.70 bits per heavy atom. The molecule has 1 saturated heterocycles. The van der Waals surface area contributed by atoms with Crippen LogP contribution in [0.2, 0.25) is 0 Å². The van der Waals surface area contributed by atoms with Crippen LogP contribution in [0.5, 0.6) is 0 Å². The van der Waals surface area contributed by atoms with Crippen LogP contribution in [0.3, 0.4) is 0 Å². The molecule has 1 N–H and O–H groups in total. The van der Waals surface area contributed by atoms with Gasteiger partial charge in [-0.15, -0.1) is 5.10 Å². The van der Waals surface area contributed by atoms with Crippen LogP contribution in [0.1, 0.15) is 0 Å². The number of anilines is 1. The second-order valence-corrected chi connectivity index (χ2v) is 7.82. The normalized spacial score (nSPS) is 14.4. The lowest BCUT2D eigenvalue weighted by Crippen LogP contribution is -2.48. The summed E-state index contributed by atoms with van der Waals surface area (Å²) in [5, 5.41) is 14.7. The van der Waals surface area contributed by atoms with Crippen molar-refractivity contribution < 1.29 is 14.3 Å². The number of benzene rings is 1. The molecule has 152 valence electrons. The second kappa shape index (κ2) is 7.38. The van der Waals surface area contributed by atoms with E-state index in [0.29, 0.717) is 26.2 Å². The van der Waals surface area contributed by atoms with Gasteiger partial charge in [0, 0.05) is 49.7 Å². The highest BCUT2D eigenvalue weighted by molar-refractivity contribution is 7.20. The summed E-state index contributed by atoms with van der Waals surface area (Å²) in [7, 11) is 0. The van der Waals surface area contributed by atoms with Crippen molar-refractivity contribution in [2.24, 2.45) is 0 Å². The highest BCUT2D eigenvalue weighted by Crippen LogP contribution is 2.36. The molecule has 0 bridgehead atoms. The van der Waals surface area contributed by atoms with Gasteiger partial charge in [0.15, 0.2) is 0 Å². The molecule has 1 amide bonds. The Hall–Kier alpha value is -3.53. The minimum absolute atomic E-state index is 0.300. The van der Waals surface area contributed by atoms with Gasteiger partial charge in [0.05, 0.1) is 0 Å². The molecule has 10 heteroatoms. The Morgan fingerprint density at radius 1 is 1.00 bits per heavy atom. The van der Waals surface area contributed by atoms with Gasteiger partial charge in [0.2, 0.25) is 10.1 Å². The van der Waals surface area contributed by atoms with Crippen LogP contribution in [-0.4, -0.2) is 61.9 Å². The van der Waals surface area contributed by atoms with Gasteiger partial charge in [0.25, 0.3) is 0 Å². The first-order valence-corrected chi connectivity index (χ1v) is 10.2. The molecule has 0 saturated carbocycles. The van der Waals surface area contributed by atoms with E-state index in [-0.39, 0.29) is 5.82 Å². The molecule has 0 unspecified atom stereocenters. The summed E-state index contributed by atoms with van der Waals surface area (Å²) in [4.78, 5) is 24.2. The number of carboxylic acid groups (broad SMARTS) is 1. The number of rotatable bonds is 3. The van der Waals surface area contributed by atoms with Gasteiger partial charge in [-0.1, -0.05) is 11.3 Å². The van der Waals surface area contributed by atoms with E-state index < -0.39 is 6.09 Å². The van der Waals surface area contributed by atoms with E-state index in [1.165, 1.54) is 28.4 Å². The number of halogens is 1. The lowest BCUT2D eigenvalue weighted by molar-refractivity contribution is 0.142. The molecule has 4 aromatic rings. The smallest absolute Gasteiger partial charge is 0.407 e. The number of piperazine rings is 1. The van der Waals surface area contributed by atoms with Crippen molar-refractivity contribution in [3.05, 3.63) is 54.6 Å². The number of amides is 1. The lowest BCUT2D eigenvalue weighted by atomic mass is 10.1. The van der Waals surface area contributed by atoms with E-state index in [1.807, 2.05) is 12.1 Å². The van der Waals surface area contributed by atoms with Crippen molar-refractivity contribution in [1.29, 1.82) is 0 Å². The molecule has 4 heterocycles. The molecule has 0 aliphatic carbocycles. The summed E-state index contributed by atoms with van der Waals surface area (Å²) in [5.74, 6) is -0.300. The summed E-state index contributed by atoms with van der Waals surface area (Å²) in [6.45, 7) is 2.04. The van der Waals surface area contributed by atoms with Crippen molar-refractivity contribution in [2.75, 3.05) is 31.1 Å². The fourth-order valence-corrected chi connectivity index (χ4v) is 4.49. The van der Waals surface area contributed by atoms with Gasteiger partial charge < -0.3 is 14.9 Å². The van der Waals surface area contributed by atoms with Crippen LogP contribution < -0.4 is 4.90 Å². The summed E-state index contributed by atoms with van der Waals surface area (Å²) >= 11 is 1.45. The highest BCUT2D eigenvalue weighted by atomic mass is 32.1. The average molecular weight is 424 g/mol. The van der Waals surface area contributed by atoms with Gasteiger partial charge >= 0.3 is 6.09 Å². The van der Waals surface area contributed by atoms with Crippen LogP contribution in [0, 0.1) is 5.82 Å². The Kier molecular flexibility index (Phi) is 4.55. The Balaban J connectivity index is 1.57. The first-order valence-electron chi connectivity index (χ1n) is 9.39. The van der Waals surface area contributed by atoms with Gasteiger partial charge in [-0.05, 0) is 36.4 Å². The van der Waals surface area contributed by atoms with Gasteiger partial charge in [-0.2, -0.15) is 0 Å². The van der Waals surface area contributed by atoms with Crippen LogP contribution in [-0.2, 0) is 0 Å². The highest BCUT2D eigenvalue weighted by Gasteiger charge is 2.25. The van der Waals surface area contributed by atoms with E-state index in [2.05, 4.69) is 9.88 Å². The van der Waals surface area contributed by atoms with Gasteiger partial charge in [-0.3, -0.25) is 4.98 Å². The Morgan fingerprint density at radius 3 is 2.37 bits per heavy atom. The van der Waals surface area contributed by atoms with E-state index in [0.717, 1.165) is 32.6 Å². The van der Waals surface area contributed by atoms with Crippen molar-refractivity contribution in [3.63, 3.8) is 0 Å². The van der Waals surface area contributed by atoms with E-state index in [4.69, 9.17) is 15.2 Å². The van der Waals surface area contributed by atoms with Crippen LogP contribution in [0.4, 0.5) is 14.3 Å². The maximum Gasteiger partial charge on any atom is 0.407 e. The molecular formula is C20H17FN6O2S. The average Bonchev–Trinajstić information content (AvgIpc) is 3.33. The fraction of sp³-hybridized carbons (Fsp3) is 0.200. The van der Waals surface area contributed by atoms with Gasteiger partial charge in [-0.25, -0.2) is 18.7 Å². The largest absolute Gasteiger partial charge is 0.465 e. The Bertz CT molecular complexity index is 1200. The summed E-state index contributed by atoms with van der Waals surface area (Å²) in [5.41, 5.74) is 3.25. The maximum absolute atomic E-state index is 13.4. The molecular weight excluding hydrogens is 407 g/mol.